The minimum Gasteiger partial charge on any atom is -0.549 e. The summed E-state index contributed by atoms with van der Waals surface area (Å²) in [4.78, 5) is 10.3. The summed E-state index contributed by atoms with van der Waals surface area (Å²) in [5.74, 6) is -1.14. The monoisotopic (exact) mass is 240 g/mol. The van der Waals surface area contributed by atoms with E-state index < -0.39 is 11.3 Å². The van der Waals surface area contributed by atoms with E-state index in [1.807, 2.05) is 0 Å². The van der Waals surface area contributed by atoms with Crippen LogP contribution >= 0.6 is 11.6 Å². The summed E-state index contributed by atoms with van der Waals surface area (Å²) in [7, 11) is 0. The summed E-state index contributed by atoms with van der Waals surface area (Å²) in [6.45, 7) is 2.21. The van der Waals surface area contributed by atoms with E-state index in [2.05, 4.69) is 6.92 Å². The molecule has 1 unspecified atom stereocenters. The van der Waals surface area contributed by atoms with Gasteiger partial charge in [-0.2, -0.15) is 0 Å². The van der Waals surface area contributed by atoms with Gasteiger partial charge in [-0.25, -0.2) is 0 Å². The fourth-order valence-electron chi connectivity index (χ4n) is 1.58. The number of halogens is 1. The molecule has 0 saturated carbocycles. The Hall–Kier alpha value is 0.357. The molecule has 1 atom stereocenters. The zero-order valence-electron chi connectivity index (χ0n) is 10.6. The fourth-order valence-corrected chi connectivity index (χ4v) is 1.73. The molecule has 90 valence electrons. The quantitative estimate of drug-likeness (QED) is 0.303. The number of aliphatic carboxylic acids is 1. The molecule has 2 nitrogen and oxygen atoms in total. The Morgan fingerprint density at radius 1 is 1.06 bits per heavy atom. The van der Waals surface area contributed by atoms with Gasteiger partial charge in [0.25, 0.3) is 0 Å². The van der Waals surface area contributed by atoms with Crippen molar-refractivity contribution < 1.29 is 28.8 Å². The van der Waals surface area contributed by atoms with Crippen LogP contribution in [0.25, 0.3) is 0 Å². The van der Waals surface area contributed by atoms with E-state index in [1.54, 1.807) is 0 Å². The number of hydrogen-bond donors (Lipinski definition) is 0. The van der Waals surface area contributed by atoms with Gasteiger partial charge in [0.15, 0.2) is 0 Å². The number of carbonyl (C=O) groups is 1. The van der Waals surface area contributed by atoms with Gasteiger partial charge in [-0.05, 0) is 6.42 Å². The largest absolute Gasteiger partial charge is 1.00 e. The van der Waals surface area contributed by atoms with Crippen LogP contribution < -0.4 is 24.0 Å². The molecule has 0 aromatic rings. The number of carboxylic acids is 1. The third-order valence-electron chi connectivity index (χ3n) is 2.57. The van der Waals surface area contributed by atoms with Crippen molar-refractivity contribution in [1.29, 1.82) is 0 Å². The summed E-state index contributed by atoms with van der Waals surface area (Å²) in [6.07, 6.45) is 10.2. The smallest absolute Gasteiger partial charge is 0.549 e. The molecule has 0 radical (unpaired) electrons. The molecule has 0 aromatic heterocycles. The number of carbonyl (C=O) groups excluding carboxylic acids is 1. The van der Waals surface area contributed by atoms with Crippen LogP contribution in [-0.4, -0.2) is 11.3 Å². The van der Waals surface area contributed by atoms with E-state index >= 15 is 0 Å². The number of rotatable bonds is 10. The number of hydrogen-bond acceptors (Lipinski definition) is 2. The molecule has 0 amide bonds. The van der Waals surface area contributed by atoms with Crippen LogP contribution in [0.3, 0.4) is 0 Å². The average Bonchev–Trinajstić information content (AvgIpc) is 2.21. The summed E-state index contributed by atoms with van der Waals surface area (Å²) < 4.78 is 0. The van der Waals surface area contributed by atoms with E-state index in [0.717, 1.165) is 12.8 Å². The van der Waals surface area contributed by atoms with Crippen LogP contribution in [0.15, 0.2) is 0 Å². The number of alkyl halides is 1. The molecule has 0 aliphatic rings. The van der Waals surface area contributed by atoms with Crippen LogP contribution in [0.1, 0.15) is 64.7 Å². The summed E-state index contributed by atoms with van der Waals surface area (Å²) in [5.41, 5.74) is 0. The molecule has 0 fully saturated rings. The van der Waals surface area contributed by atoms with E-state index in [1.165, 1.54) is 38.5 Å². The second-order valence-electron chi connectivity index (χ2n) is 4.05. The topological polar surface area (TPSA) is 40.1 Å². The van der Waals surface area contributed by atoms with Crippen LogP contribution in [-0.2, 0) is 4.79 Å². The van der Waals surface area contributed by atoms with Gasteiger partial charge in [-0.3, -0.25) is 0 Å². The van der Waals surface area contributed by atoms with Crippen LogP contribution in [0.2, 0.25) is 0 Å². The Morgan fingerprint density at radius 2 is 1.50 bits per heavy atom. The summed E-state index contributed by atoms with van der Waals surface area (Å²) in [5, 5.41) is 9.49. The number of carboxylic acid groups (broad SMARTS) is 1. The van der Waals surface area contributed by atoms with Crippen molar-refractivity contribution in [3.63, 3.8) is 0 Å². The Labute approximate surface area is 116 Å². The van der Waals surface area contributed by atoms with Crippen LogP contribution in [0.5, 0.6) is 0 Å². The van der Waals surface area contributed by atoms with Crippen molar-refractivity contribution in [2.24, 2.45) is 0 Å². The molecular weight excluding hydrogens is 219 g/mol. The van der Waals surface area contributed by atoms with Gasteiger partial charge >= 0.3 is 18.9 Å². The molecule has 0 N–H and O–H groups in total. The van der Waals surface area contributed by atoms with E-state index in [9.17, 15) is 9.90 Å². The molecule has 0 heterocycles. The molecule has 0 spiro atoms. The maximum Gasteiger partial charge on any atom is 1.00 e. The van der Waals surface area contributed by atoms with E-state index in [-0.39, 0.29) is 18.9 Å². The van der Waals surface area contributed by atoms with Gasteiger partial charge in [0.2, 0.25) is 0 Å². The first-order valence-corrected chi connectivity index (χ1v) is 6.47. The third kappa shape index (κ3) is 12.4. The molecule has 0 rings (SSSR count). The molecular formula is C12H22ClLiO2. The van der Waals surface area contributed by atoms with Gasteiger partial charge in [0, 0.05) is 0 Å². The van der Waals surface area contributed by atoms with Crippen LogP contribution in [0.4, 0.5) is 0 Å². The first kappa shape index (κ1) is 18.7. The molecule has 0 bridgehead atoms. The predicted octanol–water partition coefficient (Wildman–Crippen LogP) is -0.121. The Balaban J connectivity index is 0. The molecule has 0 aromatic carbocycles. The first-order chi connectivity index (χ1) is 7.18. The van der Waals surface area contributed by atoms with Gasteiger partial charge < -0.3 is 9.90 Å². The van der Waals surface area contributed by atoms with Gasteiger partial charge in [0.1, 0.15) is 0 Å². The fraction of sp³-hybridized carbons (Fsp3) is 0.917. The van der Waals surface area contributed by atoms with Crippen molar-refractivity contribution in [3.05, 3.63) is 0 Å². The van der Waals surface area contributed by atoms with Crippen LogP contribution in [0, 0.1) is 0 Å². The van der Waals surface area contributed by atoms with E-state index in [4.69, 9.17) is 11.6 Å². The van der Waals surface area contributed by atoms with Crippen molar-refractivity contribution in [2.75, 3.05) is 0 Å². The molecule has 0 aliphatic carbocycles. The third-order valence-corrected chi connectivity index (χ3v) is 2.96. The number of unbranched alkanes of at least 4 members (excludes halogenated alkanes) is 7. The molecule has 0 saturated heterocycles. The summed E-state index contributed by atoms with van der Waals surface area (Å²) >= 11 is 5.54. The van der Waals surface area contributed by atoms with Crippen molar-refractivity contribution in [1.82, 2.24) is 0 Å². The summed E-state index contributed by atoms with van der Waals surface area (Å²) in [6, 6.07) is 0. The van der Waals surface area contributed by atoms with Gasteiger partial charge in [0.05, 0.1) is 11.3 Å². The standard InChI is InChI=1S/C12H23ClO2.Li/c1-2-3-4-5-6-7-8-9-10-11(13)12(14)15;/h11H,2-10H2,1H3,(H,14,15);/q;+1/p-1. The minimum absolute atomic E-state index is 0. The Kier molecular flexibility index (Phi) is 15.7. The molecule has 4 heteroatoms. The first-order valence-electron chi connectivity index (χ1n) is 6.03. The predicted molar refractivity (Wildman–Crippen MR) is 61.9 cm³/mol. The van der Waals surface area contributed by atoms with Crippen molar-refractivity contribution >= 4 is 17.6 Å². The average molecular weight is 241 g/mol. The normalized spacial score (nSPS) is 11.9. The maximum atomic E-state index is 10.3. The van der Waals surface area contributed by atoms with Crippen molar-refractivity contribution in [3.8, 4) is 0 Å². The van der Waals surface area contributed by atoms with Gasteiger partial charge in [-0.15, -0.1) is 11.6 Å². The van der Waals surface area contributed by atoms with Gasteiger partial charge in [-0.1, -0.05) is 58.3 Å². The van der Waals surface area contributed by atoms with Crippen molar-refractivity contribution in [2.45, 2.75) is 70.1 Å². The zero-order valence-corrected chi connectivity index (χ0v) is 11.4. The minimum atomic E-state index is -1.14. The van der Waals surface area contributed by atoms with E-state index in [0.29, 0.717) is 6.42 Å². The SMILES string of the molecule is CCCCCCCCCCC(Cl)C(=O)[O-].[Li+]. The second-order valence-corrected chi connectivity index (χ2v) is 4.58. The Morgan fingerprint density at radius 3 is 1.94 bits per heavy atom. The zero-order chi connectivity index (χ0) is 11.5. The molecule has 16 heavy (non-hydrogen) atoms. The molecule has 0 aliphatic heterocycles. The Bertz CT molecular complexity index is 165. The maximum absolute atomic E-state index is 10.3. The second kappa shape index (κ2) is 13.4.